The van der Waals surface area contributed by atoms with Crippen LogP contribution in [0.3, 0.4) is 0 Å². The molecular weight excluding hydrogens is 272 g/mol. The molecule has 0 aromatic carbocycles. The first kappa shape index (κ1) is 13.3. The van der Waals surface area contributed by atoms with Crippen molar-refractivity contribution in [3.05, 3.63) is 34.0 Å². The van der Waals surface area contributed by atoms with Crippen LogP contribution in [0.1, 0.15) is 41.7 Å². The molecule has 1 aliphatic heterocycles. The molecule has 0 bridgehead atoms. The lowest BCUT2D eigenvalue weighted by atomic mass is 9.99. The first-order chi connectivity index (χ1) is 9.74. The smallest absolute Gasteiger partial charge is 0.229 e. The van der Waals surface area contributed by atoms with E-state index < -0.39 is 0 Å². The summed E-state index contributed by atoms with van der Waals surface area (Å²) in [5.74, 6) is 0.162. The zero-order valence-corrected chi connectivity index (χ0v) is 12.3. The second-order valence-electron chi connectivity index (χ2n) is 5.15. The van der Waals surface area contributed by atoms with Crippen LogP contribution in [0.5, 0.6) is 0 Å². The van der Waals surface area contributed by atoms with Crippen molar-refractivity contribution in [2.75, 3.05) is 6.54 Å². The SMILES string of the molecule is Cc1nc(CC(=O)N2CCCC[C@H]2c2ccn[nH]2)cs1. The number of nitrogens with one attached hydrogen (secondary N) is 1. The average Bonchev–Trinajstić information content (AvgIpc) is 3.10. The topological polar surface area (TPSA) is 61.9 Å². The van der Waals surface area contributed by atoms with E-state index in [0.717, 1.165) is 42.2 Å². The molecule has 20 heavy (non-hydrogen) atoms. The van der Waals surface area contributed by atoms with Gasteiger partial charge in [0.2, 0.25) is 5.91 Å². The van der Waals surface area contributed by atoms with E-state index in [4.69, 9.17) is 0 Å². The molecular formula is C14H18N4OS. The Hall–Kier alpha value is -1.69. The number of carbonyl (C=O) groups excluding carboxylic acids is 1. The Bertz CT molecular complexity index is 578. The molecule has 1 atom stereocenters. The van der Waals surface area contributed by atoms with Gasteiger partial charge in [-0.2, -0.15) is 5.10 Å². The molecule has 3 heterocycles. The molecule has 0 aliphatic carbocycles. The predicted molar refractivity (Wildman–Crippen MR) is 77.4 cm³/mol. The van der Waals surface area contributed by atoms with Crippen LogP contribution in [0.25, 0.3) is 0 Å². The molecule has 1 aliphatic rings. The maximum Gasteiger partial charge on any atom is 0.229 e. The van der Waals surface area contributed by atoms with E-state index in [2.05, 4.69) is 15.2 Å². The lowest BCUT2D eigenvalue weighted by molar-refractivity contribution is -0.134. The van der Waals surface area contributed by atoms with Crippen LogP contribution in [0.2, 0.25) is 0 Å². The molecule has 1 N–H and O–H groups in total. The first-order valence-corrected chi connectivity index (χ1v) is 7.82. The van der Waals surface area contributed by atoms with Crippen LogP contribution in [0.15, 0.2) is 17.6 Å². The first-order valence-electron chi connectivity index (χ1n) is 6.94. The number of aromatic amines is 1. The fourth-order valence-corrected chi connectivity index (χ4v) is 3.36. The second kappa shape index (κ2) is 5.75. The number of likely N-dealkylation sites (tertiary alicyclic amines) is 1. The molecule has 3 rings (SSSR count). The second-order valence-corrected chi connectivity index (χ2v) is 6.21. The Balaban J connectivity index is 1.74. The fraction of sp³-hybridized carbons (Fsp3) is 0.500. The van der Waals surface area contributed by atoms with Crippen molar-refractivity contribution in [1.29, 1.82) is 0 Å². The molecule has 2 aromatic rings. The van der Waals surface area contributed by atoms with Crippen LogP contribution < -0.4 is 0 Å². The molecule has 0 radical (unpaired) electrons. The third-order valence-electron chi connectivity index (χ3n) is 3.70. The van der Waals surface area contributed by atoms with Gasteiger partial charge in [-0.15, -0.1) is 11.3 Å². The maximum absolute atomic E-state index is 12.5. The van der Waals surface area contributed by atoms with E-state index in [9.17, 15) is 4.79 Å². The van der Waals surface area contributed by atoms with E-state index in [1.54, 1.807) is 17.5 Å². The largest absolute Gasteiger partial charge is 0.334 e. The normalized spacial score (nSPS) is 19.2. The summed E-state index contributed by atoms with van der Waals surface area (Å²) in [6.07, 6.45) is 5.38. The number of rotatable bonds is 3. The number of aryl methyl sites for hydroxylation is 1. The number of amides is 1. The van der Waals surface area contributed by atoms with Crippen molar-refractivity contribution in [3.63, 3.8) is 0 Å². The van der Waals surface area contributed by atoms with Crippen LogP contribution >= 0.6 is 11.3 Å². The summed E-state index contributed by atoms with van der Waals surface area (Å²) in [7, 11) is 0. The van der Waals surface area contributed by atoms with Crippen molar-refractivity contribution in [2.45, 2.75) is 38.6 Å². The Morgan fingerprint density at radius 3 is 3.15 bits per heavy atom. The Kier molecular flexibility index (Phi) is 3.82. The monoisotopic (exact) mass is 290 g/mol. The number of carbonyl (C=O) groups is 1. The van der Waals surface area contributed by atoms with Crippen molar-refractivity contribution in [2.24, 2.45) is 0 Å². The summed E-state index contributed by atoms with van der Waals surface area (Å²) in [6.45, 7) is 2.79. The Morgan fingerprint density at radius 1 is 1.55 bits per heavy atom. The van der Waals surface area contributed by atoms with Crippen LogP contribution in [-0.2, 0) is 11.2 Å². The highest BCUT2D eigenvalue weighted by atomic mass is 32.1. The van der Waals surface area contributed by atoms with E-state index in [0.29, 0.717) is 6.42 Å². The molecule has 1 amide bonds. The van der Waals surface area contributed by atoms with Crippen molar-refractivity contribution in [1.82, 2.24) is 20.1 Å². The van der Waals surface area contributed by atoms with Crippen LogP contribution in [0.4, 0.5) is 0 Å². The summed E-state index contributed by atoms with van der Waals surface area (Å²) in [6, 6.07) is 2.10. The van der Waals surface area contributed by atoms with Crippen molar-refractivity contribution >= 4 is 17.2 Å². The fourth-order valence-electron chi connectivity index (χ4n) is 2.75. The number of thiazole rings is 1. The van der Waals surface area contributed by atoms with Gasteiger partial charge >= 0.3 is 0 Å². The molecule has 2 aromatic heterocycles. The van der Waals surface area contributed by atoms with Crippen LogP contribution in [-0.4, -0.2) is 32.5 Å². The Morgan fingerprint density at radius 2 is 2.45 bits per heavy atom. The van der Waals surface area contributed by atoms with E-state index in [-0.39, 0.29) is 11.9 Å². The molecule has 1 fully saturated rings. The van der Waals surface area contributed by atoms with Gasteiger partial charge < -0.3 is 4.90 Å². The highest BCUT2D eigenvalue weighted by molar-refractivity contribution is 7.09. The highest BCUT2D eigenvalue weighted by Crippen LogP contribution is 2.30. The Labute approximate surface area is 122 Å². The maximum atomic E-state index is 12.5. The molecule has 0 spiro atoms. The zero-order chi connectivity index (χ0) is 13.9. The van der Waals surface area contributed by atoms with Crippen molar-refractivity contribution < 1.29 is 4.79 Å². The van der Waals surface area contributed by atoms with E-state index in [1.807, 2.05) is 23.3 Å². The van der Waals surface area contributed by atoms with E-state index in [1.165, 1.54) is 0 Å². The summed E-state index contributed by atoms with van der Waals surface area (Å²) in [5.41, 5.74) is 1.92. The van der Waals surface area contributed by atoms with Gasteiger partial charge in [0.1, 0.15) is 0 Å². The number of hydrogen-bond acceptors (Lipinski definition) is 4. The molecule has 106 valence electrons. The lowest BCUT2D eigenvalue weighted by Crippen LogP contribution is -2.39. The predicted octanol–water partition coefficient (Wildman–Crippen LogP) is 2.47. The molecule has 6 heteroatoms. The average molecular weight is 290 g/mol. The lowest BCUT2D eigenvalue weighted by Gasteiger charge is -2.35. The molecule has 0 unspecified atom stereocenters. The third-order valence-corrected chi connectivity index (χ3v) is 4.53. The van der Waals surface area contributed by atoms with E-state index >= 15 is 0 Å². The molecule has 1 saturated heterocycles. The van der Waals surface area contributed by atoms with Gasteiger partial charge in [0.05, 0.1) is 28.9 Å². The quantitative estimate of drug-likeness (QED) is 0.944. The number of nitrogens with zero attached hydrogens (tertiary/aromatic N) is 3. The van der Waals surface area contributed by atoms with Crippen molar-refractivity contribution in [3.8, 4) is 0 Å². The summed E-state index contributed by atoms with van der Waals surface area (Å²) in [4.78, 5) is 18.9. The van der Waals surface area contributed by atoms with Gasteiger partial charge in [-0.3, -0.25) is 9.89 Å². The minimum atomic E-state index is 0.137. The summed E-state index contributed by atoms with van der Waals surface area (Å²) in [5, 5.41) is 9.99. The summed E-state index contributed by atoms with van der Waals surface area (Å²) >= 11 is 1.59. The number of aromatic nitrogens is 3. The number of piperidine rings is 1. The minimum absolute atomic E-state index is 0.137. The number of hydrogen-bond donors (Lipinski definition) is 1. The highest BCUT2D eigenvalue weighted by Gasteiger charge is 2.28. The molecule has 0 saturated carbocycles. The summed E-state index contributed by atoms with van der Waals surface area (Å²) < 4.78 is 0. The van der Waals surface area contributed by atoms with Crippen LogP contribution in [0, 0.1) is 6.92 Å². The van der Waals surface area contributed by atoms with Gasteiger partial charge in [0, 0.05) is 18.1 Å². The minimum Gasteiger partial charge on any atom is -0.334 e. The third kappa shape index (κ3) is 2.75. The zero-order valence-electron chi connectivity index (χ0n) is 11.5. The van der Waals surface area contributed by atoms with Gasteiger partial charge in [-0.25, -0.2) is 4.98 Å². The van der Waals surface area contributed by atoms with Gasteiger partial charge in [-0.1, -0.05) is 0 Å². The van der Waals surface area contributed by atoms with Gasteiger partial charge in [0.15, 0.2) is 0 Å². The standard InChI is InChI=1S/C14H18N4OS/c1-10-16-11(9-20-10)8-14(19)18-7-3-2-4-13(18)12-5-6-15-17-12/h5-6,9,13H,2-4,7-8H2,1H3,(H,15,17)/t13-/m0/s1. The molecule has 5 nitrogen and oxygen atoms in total. The van der Waals surface area contributed by atoms with Gasteiger partial charge in [0.25, 0.3) is 0 Å². The van der Waals surface area contributed by atoms with Gasteiger partial charge in [-0.05, 0) is 32.3 Å². The number of H-pyrrole nitrogens is 1.